The molecule has 0 aliphatic carbocycles. The van der Waals surface area contributed by atoms with Crippen LogP contribution in [0.5, 0.6) is 0 Å². The van der Waals surface area contributed by atoms with Crippen LogP contribution in [0.1, 0.15) is 12.0 Å². The molecule has 0 aliphatic rings. The van der Waals surface area contributed by atoms with E-state index in [2.05, 4.69) is 4.98 Å². The zero-order chi connectivity index (χ0) is 15.9. The maximum Gasteiger partial charge on any atom is 0.264 e. The van der Waals surface area contributed by atoms with Gasteiger partial charge >= 0.3 is 0 Å². The standard InChI is InChI=1S/C15H9ClF2N2O2/c16-12-6-5-8-7-11(20(15(21)22)14(8)19-12)9-3-1-2-4-10(9)13(17)18/h1-7,13H,(H,21,22)/p-1. The maximum absolute atomic E-state index is 13.2. The summed E-state index contributed by atoms with van der Waals surface area (Å²) in [7, 11) is 0. The molecule has 2 heterocycles. The van der Waals surface area contributed by atoms with Crippen LogP contribution in [-0.4, -0.2) is 15.6 Å². The summed E-state index contributed by atoms with van der Waals surface area (Å²) in [6.07, 6.45) is -4.30. The molecule has 0 bridgehead atoms. The maximum atomic E-state index is 13.2. The van der Waals surface area contributed by atoms with Gasteiger partial charge in [0.15, 0.2) is 0 Å². The summed E-state index contributed by atoms with van der Waals surface area (Å²) < 4.78 is 27.1. The normalized spacial score (nSPS) is 11.3. The minimum atomic E-state index is -2.74. The van der Waals surface area contributed by atoms with Gasteiger partial charge in [0.2, 0.25) is 0 Å². The van der Waals surface area contributed by atoms with Crippen LogP contribution in [0.15, 0.2) is 42.5 Å². The smallest absolute Gasteiger partial charge is 0.264 e. The number of nitrogens with zero attached hydrogens (tertiary/aromatic N) is 2. The van der Waals surface area contributed by atoms with E-state index in [9.17, 15) is 18.7 Å². The third-order valence-corrected chi connectivity index (χ3v) is 3.48. The second-order valence-electron chi connectivity index (χ2n) is 4.57. The van der Waals surface area contributed by atoms with Crippen molar-refractivity contribution in [2.75, 3.05) is 0 Å². The Kier molecular flexibility index (Phi) is 3.54. The predicted octanol–water partition coefficient (Wildman–Crippen LogP) is 3.49. The molecular formula is C15H8ClF2N2O2-. The number of benzene rings is 1. The number of carbonyl (C=O) groups excluding carboxylic acids is 1. The van der Waals surface area contributed by atoms with E-state index >= 15 is 0 Å². The van der Waals surface area contributed by atoms with Crippen molar-refractivity contribution in [2.45, 2.75) is 6.43 Å². The average molecular weight is 322 g/mol. The van der Waals surface area contributed by atoms with Crippen LogP contribution in [-0.2, 0) is 0 Å². The fraction of sp³-hybridized carbons (Fsp3) is 0.0667. The van der Waals surface area contributed by atoms with Gasteiger partial charge in [0, 0.05) is 16.5 Å². The van der Waals surface area contributed by atoms with Gasteiger partial charge in [-0.15, -0.1) is 0 Å². The van der Waals surface area contributed by atoms with E-state index in [1.54, 1.807) is 12.1 Å². The van der Waals surface area contributed by atoms with Gasteiger partial charge in [-0.2, -0.15) is 0 Å². The van der Waals surface area contributed by atoms with Crippen molar-refractivity contribution in [1.29, 1.82) is 0 Å². The lowest BCUT2D eigenvalue weighted by Crippen LogP contribution is -2.29. The highest BCUT2D eigenvalue weighted by Gasteiger charge is 2.19. The zero-order valence-electron chi connectivity index (χ0n) is 11.0. The monoisotopic (exact) mass is 321 g/mol. The fourth-order valence-electron chi connectivity index (χ4n) is 2.36. The summed E-state index contributed by atoms with van der Waals surface area (Å²) >= 11 is 5.77. The van der Waals surface area contributed by atoms with Crippen molar-refractivity contribution >= 4 is 28.7 Å². The van der Waals surface area contributed by atoms with Gasteiger partial charge in [-0.05, 0) is 18.2 Å². The Bertz CT molecular complexity index is 877. The van der Waals surface area contributed by atoms with Crippen LogP contribution in [0.3, 0.4) is 0 Å². The Morgan fingerprint density at radius 2 is 1.95 bits per heavy atom. The lowest BCUT2D eigenvalue weighted by atomic mass is 10.0. The number of aromatic nitrogens is 2. The molecule has 0 aliphatic heterocycles. The van der Waals surface area contributed by atoms with Crippen molar-refractivity contribution in [3.63, 3.8) is 0 Å². The van der Waals surface area contributed by atoms with Gasteiger partial charge in [0.25, 0.3) is 6.43 Å². The molecule has 2 aromatic heterocycles. The Morgan fingerprint density at radius 1 is 1.23 bits per heavy atom. The highest BCUT2D eigenvalue weighted by molar-refractivity contribution is 6.29. The molecule has 0 unspecified atom stereocenters. The first-order valence-corrected chi connectivity index (χ1v) is 6.63. The van der Waals surface area contributed by atoms with Crippen molar-refractivity contribution in [1.82, 2.24) is 9.55 Å². The van der Waals surface area contributed by atoms with Gasteiger partial charge in [0.1, 0.15) is 16.9 Å². The molecule has 0 atom stereocenters. The molecular weight excluding hydrogens is 314 g/mol. The molecule has 0 amide bonds. The van der Waals surface area contributed by atoms with Crippen LogP contribution < -0.4 is 5.11 Å². The van der Waals surface area contributed by atoms with Gasteiger partial charge in [-0.1, -0.05) is 35.9 Å². The number of halogens is 3. The first-order chi connectivity index (χ1) is 10.5. The number of carboxylic acid groups (broad SMARTS) is 1. The minimum Gasteiger partial charge on any atom is -0.529 e. The molecule has 0 radical (unpaired) electrons. The van der Waals surface area contributed by atoms with Crippen molar-refractivity contribution in [2.24, 2.45) is 0 Å². The van der Waals surface area contributed by atoms with E-state index in [0.29, 0.717) is 5.39 Å². The lowest BCUT2D eigenvalue weighted by Gasteiger charge is -2.13. The molecule has 1 aromatic carbocycles. The van der Waals surface area contributed by atoms with Crippen molar-refractivity contribution in [3.8, 4) is 11.3 Å². The molecule has 7 heteroatoms. The van der Waals surface area contributed by atoms with E-state index < -0.39 is 12.5 Å². The summed E-state index contributed by atoms with van der Waals surface area (Å²) in [5.74, 6) is 0. The van der Waals surface area contributed by atoms with Crippen LogP contribution in [0.25, 0.3) is 22.3 Å². The van der Waals surface area contributed by atoms with E-state index in [1.165, 1.54) is 30.3 Å². The molecule has 0 saturated carbocycles. The van der Waals surface area contributed by atoms with Crippen LogP contribution >= 0.6 is 11.6 Å². The lowest BCUT2D eigenvalue weighted by molar-refractivity contribution is -0.249. The second kappa shape index (κ2) is 5.38. The topological polar surface area (TPSA) is 57.9 Å². The van der Waals surface area contributed by atoms with Gasteiger partial charge in [-0.3, -0.25) is 4.57 Å². The molecule has 0 spiro atoms. The minimum absolute atomic E-state index is 0.0477. The SMILES string of the molecule is O=C([O-])n1c(-c2ccccc2C(F)F)cc2ccc(Cl)nc21. The Morgan fingerprint density at radius 3 is 2.64 bits per heavy atom. The molecule has 0 fully saturated rings. The molecule has 4 nitrogen and oxygen atoms in total. The number of alkyl halides is 2. The number of fused-ring (bicyclic) bond motifs is 1. The second-order valence-corrected chi connectivity index (χ2v) is 4.95. The van der Waals surface area contributed by atoms with E-state index in [4.69, 9.17) is 11.6 Å². The molecule has 112 valence electrons. The quantitative estimate of drug-likeness (QED) is 0.679. The Balaban J connectivity index is 2.37. The fourth-order valence-corrected chi connectivity index (χ4v) is 2.50. The van der Waals surface area contributed by atoms with Crippen molar-refractivity contribution < 1.29 is 18.7 Å². The Labute approximate surface area is 128 Å². The van der Waals surface area contributed by atoms with Crippen LogP contribution in [0.2, 0.25) is 5.15 Å². The molecule has 3 rings (SSSR count). The highest BCUT2D eigenvalue weighted by atomic mass is 35.5. The number of hydrogen-bond donors (Lipinski definition) is 0. The molecule has 0 N–H and O–H groups in total. The van der Waals surface area contributed by atoms with E-state index in [-0.39, 0.29) is 27.6 Å². The third kappa shape index (κ3) is 2.31. The van der Waals surface area contributed by atoms with Crippen molar-refractivity contribution in [3.05, 3.63) is 53.2 Å². The van der Waals surface area contributed by atoms with Crippen LogP contribution in [0, 0.1) is 0 Å². The summed E-state index contributed by atoms with van der Waals surface area (Å²) in [5, 5.41) is 12.0. The van der Waals surface area contributed by atoms with Gasteiger partial charge < -0.3 is 9.90 Å². The number of pyridine rings is 1. The predicted molar refractivity (Wildman–Crippen MR) is 75.9 cm³/mol. The summed E-state index contributed by atoms with van der Waals surface area (Å²) in [6.45, 7) is 0. The van der Waals surface area contributed by atoms with E-state index in [1.807, 2.05) is 0 Å². The first kappa shape index (κ1) is 14.5. The molecule has 22 heavy (non-hydrogen) atoms. The molecule has 3 aromatic rings. The summed E-state index contributed by atoms with van der Waals surface area (Å²) in [5.41, 5.74) is -0.0399. The van der Waals surface area contributed by atoms with Crippen LogP contribution in [0.4, 0.5) is 13.6 Å². The third-order valence-electron chi connectivity index (χ3n) is 3.27. The first-order valence-electron chi connectivity index (χ1n) is 6.26. The van der Waals surface area contributed by atoms with Gasteiger partial charge in [0.05, 0.1) is 5.69 Å². The number of hydrogen-bond acceptors (Lipinski definition) is 3. The highest BCUT2D eigenvalue weighted by Crippen LogP contribution is 2.34. The number of rotatable bonds is 2. The number of carbonyl (C=O) groups is 1. The molecule has 0 saturated heterocycles. The largest absolute Gasteiger partial charge is 0.529 e. The average Bonchev–Trinajstić information content (AvgIpc) is 2.85. The van der Waals surface area contributed by atoms with Gasteiger partial charge in [-0.25, -0.2) is 13.8 Å². The summed E-state index contributed by atoms with van der Waals surface area (Å²) in [4.78, 5) is 15.4. The summed E-state index contributed by atoms with van der Waals surface area (Å²) in [6, 6.07) is 10.2. The zero-order valence-corrected chi connectivity index (χ0v) is 11.7. The van der Waals surface area contributed by atoms with E-state index in [0.717, 1.165) is 4.57 Å². The Hall–Kier alpha value is -2.47.